The van der Waals surface area contributed by atoms with Crippen molar-refractivity contribution in [3.63, 3.8) is 0 Å². The number of benzene rings is 1. The summed E-state index contributed by atoms with van der Waals surface area (Å²) in [6, 6.07) is 8.83. The van der Waals surface area contributed by atoms with E-state index in [1.54, 1.807) is 0 Å². The lowest BCUT2D eigenvalue weighted by Gasteiger charge is -2.11. The maximum Gasteiger partial charge on any atom is 0.256 e. The van der Waals surface area contributed by atoms with Crippen LogP contribution in [0.5, 0.6) is 0 Å². The zero-order valence-corrected chi connectivity index (χ0v) is 10.3. The number of hydrogen-bond acceptors (Lipinski definition) is 2. The Bertz CT molecular complexity index is 557. The molecule has 0 aliphatic rings. The average Bonchev–Trinajstić information content (AvgIpc) is 2.34. The highest BCUT2D eigenvalue weighted by Crippen LogP contribution is 2.20. The molecule has 0 atom stereocenters. The number of carbonyl (C=O) groups excluding carboxylic acids is 1. The summed E-state index contributed by atoms with van der Waals surface area (Å²) >= 11 is 0. The number of aryl methyl sites for hydroxylation is 2. The summed E-state index contributed by atoms with van der Waals surface area (Å²) in [4.78, 5) is 12.0. The monoisotopic (exact) mass is 242 g/mol. The molecule has 2 aromatic rings. The molecule has 0 saturated carbocycles. The molecular weight excluding hydrogens is 228 g/mol. The topological polar surface area (TPSA) is 56.0 Å². The van der Waals surface area contributed by atoms with Gasteiger partial charge in [0.05, 0.1) is 5.56 Å². The molecule has 1 N–H and O–H groups in total. The number of pyridine rings is 1. The molecule has 4 heteroatoms. The number of nitrogens with one attached hydrogen (secondary N) is 1. The highest BCUT2D eigenvalue weighted by atomic mass is 16.5. The Morgan fingerprint density at radius 2 is 1.67 bits per heavy atom. The van der Waals surface area contributed by atoms with Crippen molar-refractivity contribution >= 4 is 11.6 Å². The number of nitrogens with zero attached hydrogens (tertiary/aromatic N) is 1. The van der Waals surface area contributed by atoms with Gasteiger partial charge >= 0.3 is 0 Å². The minimum absolute atomic E-state index is 0.215. The fraction of sp³-hybridized carbons (Fsp3) is 0.143. The molecule has 18 heavy (non-hydrogen) atoms. The zero-order chi connectivity index (χ0) is 13.1. The molecule has 1 amide bonds. The standard InChI is InChI=1S/C14H14N2O2/c1-10-4-3-5-11(2)13(10)15-14(17)12-6-8-16(18)9-7-12/h3-9H,1-2H3,(H,15,17). The van der Waals surface area contributed by atoms with E-state index in [0.29, 0.717) is 10.3 Å². The van der Waals surface area contributed by atoms with Crippen molar-refractivity contribution in [3.05, 3.63) is 64.6 Å². The number of carbonyl (C=O) groups is 1. The highest BCUT2D eigenvalue weighted by molar-refractivity contribution is 6.04. The summed E-state index contributed by atoms with van der Waals surface area (Å²) in [5.74, 6) is -0.215. The first-order valence-electron chi connectivity index (χ1n) is 5.64. The third-order valence-corrected chi connectivity index (χ3v) is 2.78. The van der Waals surface area contributed by atoms with Crippen LogP contribution >= 0.6 is 0 Å². The second-order valence-corrected chi connectivity index (χ2v) is 4.17. The molecule has 0 aliphatic carbocycles. The molecule has 0 fully saturated rings. The Labute approximate surface area is 105 Å². The van der Waals surface area contributed by atoms with Gasteiger partial charge in [0.25, 0.3) is 5.91 Å². The molecule has 2 rings (SSSR count). The van der Waals surface area contributed by atoms with Crippen LogP contribution in [0.1, 0.15) is 21.5 Å². The normalized spacial score (nSPS) is 10.1. The number of amides is 1. The van der Waals surface area contributed by atoms with Crippen LogP contribution in [0, 0.1) is 19.1 Å². The minimum Gasteiger partial charge on any atom is -0.619 e. The van der Waals surface area contributed by atoms with Gasteiger partial charge in [-0.25, -0.2) is 0 Å². The van der Waals surface area contributed by atoms with E-state index in [4.69, 9.17) is 0 Å². The smallest absolute Gasteiger partial charge is 0.256 e. The zero-order valence-electron chi connectivity index (χ0n) is 10.3. The largest absolute Gasteiger partial charge is 0.619 e. The molecule has 0 saturated heterocycles. The first kappa shape index (κ1) is 12.1. The van der Waals surface area contributed by atoms with Crippen molar-refractivity contribution in [2.24, 2.45) is 0 Å². The van der Waals surface area contributed by atoms with Crippen molar-refractivity contribution < 1.29 is 9.52 Å². The van der Waals surface area contributed by atoms with Crippen molar-refractivity contribution in [3.8, 4) is 0 Å². The van der Waals surface area contributed by atoms with E-state index in [2.05, 4.69) is 5.32 Å². The Morgan fingerprint density at radius 1 is 1.11 bits per heavy atom. The molecule has 0 unspecified atom stereocenters. The predicted molar refractivity (Wildman–Crippen MR) is 69.3 cm³/mol. The quantitative estimate of drug-likeness (QED) is 0.648. The number of anilines is 1. The molecule has 4 nitrogen and oxygen atoms in total. The van der Waals surface area contributed by atoms with Gasteiger partial charge in [-0.1, -0.05) is 18.2 Å². The van der Waals surface area contributed by atoms with Crippen LogP contribution in [0.4, 0.5) is 5.69 Å². The van der Waals surface area contributed by atoms with Gasteiger partial charge in [0.15, 0.2) is 12.4 Å². The lowest BCUT2D eigenvalue weighted by Crippen LogP contribution is -2.25. The maximum atomic E-state index is 12.0. The van der Waals surface area contributed by atoms with E-state index >= 15 is 0 Å². The summed E-state index contributed by atoms with van der Waals surface area (Å²) in [6.07, 6.45) is 2.61. The van der Waals surface area contributed by atoms with E-state index in [-0.39, 0.29) is 5.91 Å². The fourth-order valence-electron chi connectivity index (χ4n) is 1.76. The Hall–Kier alpha value is -2.36. The molecule has 0 spiro atoms. The van der Waals surface area contributed by atoms with Crippen LogP contribution in [0.2, 0.25) is 0 Å². The number of para-hydroxylation sites is 1. The molecule has 0 aliphatic heterocycles. The first-order valence-corrected chi connectivity index (χ1v) is 5.64. The van der Waals surface area contributed by atoms with Gasteiger partial charge in [-0.2, -0.15) is 4.73 Å². The van der Waals surface area contributed by atoms with Gasteiger partial charge in [0.2, 0.25) is 0 Å². The Balaban J connectivity index is 2.24. The van der Waals surface area contributed by atoms with E-state index in [0.717, 1.165) is 16.8 Å². The fourth-order valence-corrected chi connectivity index (χ4v) is 1.76. The first-order chi connectivity index (χ1) is 8.58. The number of rotatable bonds is 2. The van der Waals surface area contributed by atoms with Crippen molar-refractivity contribution in [1.82, 2.24) is 0 Å². The minimum atomic E-state index is -0.215. The molecule has 1 aromatic heterocycles. The van der Waals surface area contributed by atoms with Crippen LogP contribution in [0.3, 0.4) is 0 Å². The van der Waals surface area contributed by atoms with Gasteiger partial charge in [0.1, 0.15) is 0 Å². The van der Waals surface area contributed by atoms with Crippen molar-refractivity contribution in [1.29, 1.82) is 0 Å². The molecule has 1 heterocycles. The van der Waals surface area contributed by atoms with E-state index in [1.807, 2.05) is 32.0 Å². The lowest BCUT2D eigenvalue weighted by molar-refractivity contribution is -0.605. The third-order valence-electron chi connectivity index (χ3n) is 2.78. The predicted octanol–water partition coefficient (Wildman–Crippen LogP) is 2.19. The summed E-state index contributed by atoms with van der Waals surface area (Å²) < 4.78 is 0.649. The van der Waals surface area contributed by atoms with Gasteiger partial charge < -0.3 is 10.5 Å². The molecule has 92 valence electrons. The Morgan fingerprint density at radius 3 is 2.22 bits per heavy atom. The van der Waals surface area contributed by atoms with E-state index in [1.165, 1.54) is 24.5 Å². The molecule has 0 radical (unpaired) electrons. The van der Waals surface area contributed by atoms with Crippen LogP contribution in [-0.2, 0) is 0 Å². The summed E-state index contributed by atoms with van der Waals surface area (Å²) in [6.45, 7) is 3.89. The van der Waals surface area contributed by atoms with Crippen LogP contribution < -0.4 is 10.0 Å². The van der Waals surface area contributed by atoms with Crippen molar-refractivity contribution in [2.75, 3.05) is 5.32 Å². The average molecular weight is 242 g/mol. The van der Waals surface area contributed by atoms with Gasteiger partial charge in [-0.15, -0.1) is 0 Å². The second kappa shape index (κ2) is 4.87. The SMILES string of the molecule is Cc1cccc(C)c1NC(=O)c1cc[n+]([O-])cc1. The lowest BCUT2D eigenvalue weighted by atomic mass is 10.1. The van der Waals surface area contributed by atoms with Crippen LogP contribution in [0.25, 0.3) is 0 Å². The molecule has 1 aromatic carbocycles. The van der Waals surface area contributed by atoms with E-state index in [9.17, 15) is 10.0 Å². The van der Waals surface area contributed by atoms with Gasteiger partial charge in [0, 0.05) is 17.8 Å². The van der Waals surface area contributed by atoms with Crippen LogP contribution in [-0.4, -0.2) is 5.91 Å². The summed E-state index contributed by atoms with van der Waals surface area (Å²) in [5.41, 5.74) is 3.31. The number of aromatic nitrogens is 1. The third kappa shape index (κ3) is 2.48. The maximum absolute atomic E-state index is 12.0. The molecular formula is C14H14N2O2. The van der Waals surface area contributed by atoms with E-state index < -0.39 is 0 Å². The second-order valence-electron chi connectivity index (χ2n) is 4.17. The number of hydrogen-bond donors (Lipinski definition) is 1. The highest BCUT2D eigenvalue weighted by Gasteiger charge is 2.10. The van der Waals surface area contributed by atoms with Gasteiger partial charge in [-0.05, 0) is 25.0 Å². The Kier molecular flexibility index (Phi) is 3.28. The van der Waals surface area contributed by atoms with Gasteiger partial charge in [-0.3, -0.25) is 4.79 Å². The van der Waals surface area contributed by atoms with Crippen LogP contribution in [0.15, 0.2) is 42.7 Å². The molecule has 0 bridgehead atoms. The summed E-state index contributed by atoms with van der Waals surface area (Å²) in [5, 5.41) is 13.8. The van der Waals surface area contributed by atoms with Crippen molar-refractivity contribution in [2.45, 2.75) is 13.8 Å². The summed E-state index contributed by atoms with van der Waals surface area (Å²) in [7, 11) is 0.